The fourth-order valence-electron chi connectivity index (χ4n) is 4.89. The SMILES string of the molecule is O=C([C@@H]1CCC[C@]12CCN(Cc1cccnc1)C2)N1CCOCC1. The molecule has 0 unspecified atom stereocenters. The van der Waals surface area contributed by atoms with E-state index in [2.05, 4.69) is 16.0 Å². The van der Waals surface area contributed by atoms with Gasteiger partial charge in [0.15, 0.2) is 0 Å². The molecule has 0 radical (unpaired) electrons. The predicted octanol–water partition coefficient (Wildman–Crippen LogP) is 1.93. The summed E-state index contributed by atoms with van der Waals surface area (Å²) < 4.78 is 5.40. The summed E-state index contributed by atoms with van der Waals surface area (Å²) in [5.41, 5.74) is 1.47. The molecular weight excluding hydrogens is 302 g/mol. The normalized spacial score (nSPS) is 31.0. The summed E-state index contributed by atoms with van der Waals surface area (Å²) in [6.07, 6.45) is 8.41. The van der Waals surface area contributed by atoms with E-state index in [1.54, 1.807) is 0 Å². The Hall–Kier alpha value is -1.46. The first-order valence-electron chi connectivity index (χ1n) is 9.25. The van der Waals surface area contributed by atoms with E-state index in [0.717, 1.165) is 45.6 Å². The average molecular weight is 329 g/mol. The van der Waals surface area contributed by atoms with E-state index in [0.29, 0.717) is 19.1 Å². The van der Waals surface area contributed by atoms with Crippen LogP contribution in [0.3, 0.4) is 0 Å². The van der Waals surface area contributed by atoms with E-state index in [1.807, 2.05) is 23.4 Å². The van der Waals surface area contributed by atoms with Crippen LogP contribution in [0.2, 0.25) is 0 Å². The first-order valence-corrected chi connectivity index (χ1v) is 9.25. The van der Waals surface area contributed by atoms with Crippen LogP contribution in [0.1, 0.15) is 31.2 Å². The van der Waals surface area contributed by atoms with Crippen LogP contribution < -0.4 is 0 Å². The van der Waals surface area contributed by atoms with E-state index >= 15 is 0 Å². The number of carbonyl (C=O) groups excluding carboxylic acids is 1. The number of aromatic nitrogens is 1. The van der Waals surface area contributed by atoms with Crippen molar-refractivity contribution in [3.8, 4) is 0 Å². The van der Waals surface area contributed by atoms with Crippen molar-refractivity contribution in [2.24, 2.45) is 11.3 Å². The highest BCUT2D eigenvalue weighted by molar-refractivity contribution is 5.80. The first-order chi connectivity index (χ1) is 11.8. The van der Waals surface area contributed by atoms with Crippen LogP contribution in [0.15, 0.2) is 24.5 Å². The minimum absolute atomic E-state index is 0.206. The number of hydrogen-bond acceptors (Lipinski definition) is 4. The van der Waals surface area contributed by atoms with Gasteiger partial charge in [0, 0.05) is 44.5 Å². The Morgan fingerprint density at radius 3 is 2.96 bits per heavy atom. The fourth-order valence-corrected chi connectivity index (χ4v) is 4.89. The highest BCUT2D eigenvalue weighted by Crippen LogP contribution is 2.50. The molecule has 1 saturated carbocycles. The van der Waals surface area contributed by atoms with Crippen LogP contribution in [0.4, 0.5) is 0 Å². The van der Waals surface area contributed by atoms with E-state index in [1.165, 1.54) is 18.4 Å². The van der Waals surface area contributed by atoms with Crippen molar-refractivity contribution >= 4 is 5.91 Å². The molecule has 2 atom stereocenters. The molecule has 0 aromatic carbocycles. The van der Waals surface area contributed by atoms with Gasteiger partial charge in [-0.3, -0.25) is 14.7 Å². The molecule has 1 aromatic rings. The Kier molecular flexibility index (Phi) is 4.55. The number of morpholine rings is 1. The molecule has 2 saturated heterocycles. The lowest BCUT2D eigenvalue weighted by Crippen LogP contribution is -2.47. The second-order valence-electron chi connectivity index (χ2n) is 7.57. The van der Waals surface area contributed by atoms with Gasteiger partial charge in [-0.05, 0) is 42.9 Å². The summed E-state index contributed by atoms with van der Waals surface area (Å²) in [5, 5.41) is 0. The summed E-state index contributed by atoms with van der Waals surface area (Å²) in [4.78, 5) is 21.9. The topological polar surface area (TPSA) is 45.7 Å². The smallest absolute Gasteiger partial charge is 0.226 e. The quantitative estimate of drug-likeness (QED) is 0.850. The van der Waals surface area contributed by atoms with Crippen LogP contribution in [-0.2, 0) is 16.1 Å². The third-order valence-electron chi connectivity index (χ3n) is 6.12. The van der Waals surface area contributed by atoms with Crippen molar-refractivity contribution in [3.05, 3.63) is 30.1 Å². The van der Waals surface area contributed by atoms with Gasteiger partial charge in [0.2, 0.25) is 5.91 Å². The van der Waals surface area contributed by atoms with Gasteiger partial charge < -0.3 is 9.64 Å². The molecule has 0 N–H and O–H groups in total. The highest BCUT2D eigenvalue weighted by atomic mass is 16.5. The van der Waals surface area contributed by atoms with Gasteiger partial charge in [0.1, 0.15) is 0 Å². The molecule has 1 spiro atoms. The molecule has 0 bridgehead atoms. The molecule has 1 aromatic heterocycles. The van der Waals surface area contributed by atoms with Crippen molar-refractivity contribution in [1.82, 2.24) is 14.8 Å². The van der Waals surface area contributed by atoms with Gasteiger partial charge in [0.05, 0.1) is 13.2 Å². The van der Waals surface area contributed by atoms with Crippen molar-refractivity contribution in [2.75, 3.05) is 39.4 Å². The minimum Gasteiger partial charge on any atom is -0.378 e. The molecule has 3 aliphatic rings. The summed E-state index contributed by atoms with van der Waals surface area (Å²) in [6.45, 7) is 6.03. The average Bonchev–Trinajstić information content (AvgIpc) is 3.23. The fraction of sp³-hybridized carbons (Fsp3) is 0.684. The van der Waals surface area contributed by atoms with Crippen molar-refractivity contribution in [2.45, 2.75) is 32.2 Å². The molecule has 5 heteroatoms. The molecular formula is C19H27N3O2. The number of nitrogens with zero attached hydrogens (tertiary/aromatic N) is 3. The third-order valence-corrected chi connectivity index (χ3v) is 6.12. The monoisotopic (exact) mass is 329 g/mol. The number of carbonyl (C=O) groups is 1. The molecule has 3 fully saturated rings. The van der Waals surface area contributed by atoms with Crippen LogP contribution in [0, 0.1) is 11.3 Å². The molecule has 130 valence electrons. The molecule has 2 aliphatic heterocycles. The maximum atomic E-state index is 13.1. The Labute approximate surface area is 144 Å². The van der Waals surface area contributed by atoms with E-state index in [4.69, 9.17) is 4.74 Å². The molecule has 24 heavy (non-hydrogen) atoms. The Balaban J connectivity index is 1.43. The maximum absolute atomic E-state index is 13.1. The Morgan fingerprint density at radius 1 is 1.29 bits per heavy atom. The van der Waals surface area contributed by atoms with Crippen molar-refractivity contribution in [1.29, 1.82) is 0 Å². The largest absolute Gasteiger partial charge is 0.378 e. The van der Waals surface area contributed by atoms with Crippen LogP contribution in [0.25, 0.3) is 0 Å². The molecule has 1 amide bonds. The zero-order chi connectivity index (χ0) is 16.4. The molecule has 4 rings (SSSR count). The number of hydrogen-bond donors (Lipinski definition) is 0. The Bertz CT molecular complexity index is 573. The second-order valence-corrected chi connectivity index (χ2v) is 7.57. The van der Waals surface area contributed by atoms with E-state index < -0.39 is 0 Å². The number of pyridine rings is 1. The van der Waals surface area contributed by atoms with Gasteiger partial charge in [-0.2, -0.15) is 0 Å². The van der Waals surface area contributed by atoms with Gasteiger partial charge in [-0.1, -0.05) is 12.5 Å². The number of likely N-dealkylation sites (tertiary alicyclic amines) is 1. The van der Waals surface area contributed by atoms with Crippen molar-refractivity contribution < 1.29 is 9.53 Å². The summed E-state index contributed by atoms with van der Waals surface area (Å²) in [5.74, 6) is 0.605. The maximum Gasteiger partial charge on any atom is 0.226 e. The number of rotatable bonds is 3. The van der Waals surface area contributed by atoms with Crippen LogP contribution >= 0.6 is 0 Å². The second kappa shape index (κ2) is 6.81. The summed E-state index contributed by atoms with van der Waals surface area (Å²) in [7, 11) is 0. The lowest BCUT2D eigenvalue weighted by Gasteiger charge is -2.36. The Morgan fingerprint density at radius 2 is 2.17 bits per heavy atom. The summed E-state index contributed by atoms with van der Waals surface area (Å²) >= 11 is 0. The molecule has 3 heterocycles. The summed E-state index contributed by atoms with van der Waals surface area (Å²) in [6, 6.07) is 4.14. The van der Waals surface area contributed by atoms with Gasteiger partial charge in [0.25, 0.3) is 0 Å². The van der Waals surface area contributed by atoms with Gasteiger partial charge in [-0.15, -0.1) is 0 Å². The van der Waals surface area contributed by atoms with Crippen LogP contribution in [0.5, 0.6) is 0 Å². The van der Waals surface area contributed by atoms with Crippen molar-refractivity contribution in [3.63, 3.8) is 0 Å². The van der Waals surface area contributed by atoms with E-state index in [-0.39, 0.29) is 11.3 Å². The number of amides is 1. The number of ether oxygens (including phenoxy) is 1. The van der Waals surface area contributed by atoms with Crippen LogP contribution in [-0.4, -0.2) is 60.1 Å². The zero-order valence-electron chi connectivity index (χ0n) is 14.3. The predicted molar refractivity (Wildman–Crippen MR) is 91.3 cm³/mol. The molecule has 5 nitrogen and oxygen atoms in total. The lowest BCUT2D eigenvalue weighted by molar-refractivity contribution is -0.143. The van der Waals surface area contributed by atoms with Gasteiger partial charge >= 0.3 is 0 Å². The standard InChI is InChI=1S/C19H27N3O2/c23-18(22-9-11-24-12-10-22)17-4-1-5-19(17)6-8-21(15-19)14-16-3-2-7-20-13-16/h2-3,7,13,17H,1,4-6,8-12,14-15H2/t17-,19+/m0/s1. The van der Waals surface area contributed by atoms with E-state index in [9.17, 15) is 4.79 Å². The molecule has 1 aliphatic carbocycles. The first kappa shape index (κ1) is 16.0. The zero-order valence-corrected chi connectivity index (χ0v) is 14.3. The lowest BCUT2D eigenvalue weighted by atomic mass is 9.76. The highest BCUT2D eigenvalue weighted by Gasteiger charge is 2.51. The minimum atomic E-state index is 0.206. The third kappa shape index (κ3) is 3.07. The van der Waals surface area contributed by atoms with Gasteiger partial charge in [-0.25, -0.2) is 0 Å².